The van der Waals surface area contributed by atoms with Crippen LogP contribution in [0.1, 0.15) is 36.8 Å². The Kier molecular flexibility index (Phi) is 5.93. The second-order valence-electron chi connectivity index (χ2n) is 7.87. The van der Waals surface area contributed by atoms with Crippen LogP contribution < -0.4 is 14.8 Å². The number of carbonyl (C=O) groups is 2. The number of nitrogens with one attached hydrogen (secondary N) is 1. The second kappa shape index (κ2) is 8.79. The van der Waals surface area contributed by atoms with Crippen molar-refractivity contribution in [2.24, 2.45) is 4.99 Å². The van der Waals surface area contributed by atoms with E-state index < -0.39 is 5.66 Å². The normalized spacial score (nSPS) is 17.0. The maximum atomic E-state index is 13.2. The van der Waals surface area contributed by atoms with Crippen molar-refractivity contribution in [3.8, 4) is 11.5 Å². The van der Waals surface area contributed by atoms with Gasteiger partial charge in [0.1, 0.15) is 17.9 Å². The summed E-state index contributed by atoms with van der Waals surface area (Å²) in [6.45, 7) is 0.326. The first-order valence-electron chi connectivity index (χ1n) is 10.5. The summed E-state index contributed by atoms with van der Waals surface area (Å²) in [5.74, 6) is 0.858. The van der Waals surface area contributed by atoms with Crippen LogP contribution in [0, 0.1) is 0 Å². The molecule has 0 saturated heterocycles. The Bertz CT molecular complexity index is 997. The predicted molar refractivity (Wildman–Crippen MR) is 117 cm³/mol. The van der Waals surface area contributed by atoms with Crippen LogP contribution in [0.25, 0.3) is 0 Å². The molecule has 162 valence electrons. The summed E-state index contributed by atoms with van der Waals surface area (Å²) >= 11 is 0. The SMILES string of the molecule is COc1ccc(CNC(=O)CN2C(=O)C(c3ccccc3)=NC23CCCC3)cc1OC. The van der Waals surface area contributed by atoms with E-state index in [1.165, 1.54) is 0 Å². The minimum atomic E-state index is -0.594. The fourth-order valence-electron chi connectivity index (χ4n) is 4.35. The third-order valence-electron chi connectivity index (χ3n) is 5.96. The van der Waals surface area contributed by atoms with E-state index in [1.54, 1.807) is 25.2 Å². The number of benzene rings is 2. The summed E-state index contributed by atoms with van der Waals surface area (Å²) in [5.41, 5.74) is 1.54. The maximum Gasteiger partial charge on any atom is 0.275 e. The third kappa shape index (κ3) is 4.13. The fourth-order valence-corrected chi connectivity index (χ4v) is 4.35. The molecule has 31 heavy (non-hydrogen) atoms. The van der Waals surface area contributed by atoms with Gasteiger partial charge in [0.25, 0.3) is 5.91 Å². The van der Waals surface area contributed by atoms with Gasteiger partial charge in [-0.25, -0.2) is 0 Å². The molecule has 1 spiro atoms. The van der Waals surface area contributed by atoms with Gasteiger partial charge >= 0.3 is 0 Å². The molecule has 0 unspecified atom stereocenters. The van der Waals surface area contributed by atoms with E-state index in [4.69, 9.17) is 14.5 Å². The quantitative estimate of drug-likeness (QED) is 0.746. The fraction of sp³-hybridized carbons (Fsp3) is 0.375. The van der Waals surface area contributed by atoms with Crippen LogP contribution in [-0.4, -0.2) is 48.9 Å². The lowest BCUT2D eigenvalue weighted by Gasteiger charge is -2.32. The third-order valence-corrected chi connectivity index (χ3v) is 5.96. The first-order valence-corrected chi connectivity index (χ1v) is 10.5. The Labute approximate surface area is 182 Å². The highest BCUT2D eigenvalue weighted by atomic mass is 16.5. The number of rotatable bonds is 7. The molecule has 1 fully saturated rings. The van der Waals surface area contributed by atoms with Crippen molar-refractivity contribution in [1.82, 2.24) is 10.2 Å². The summed E-state index contributed by atoms with van der Waals surface area (Å²) in [4.78, 5) is 32.5. The van der Waals surface area contributed by atoms with Gasteiger partial charge in [-0.15, -0.1) is 0 Å². The monoisotopic (exact) mass is 421 g/mol. The van der Waals surface area contributed by atoms with Crippen LogP contribution in [0.15, 0.2) is 53.5 Å². The van der Waals surface area contributed by atoms with Crippen molar-refractivity contribution in [3.63, 3.8) is 0 Å². The highest BCUT2D eigenvalue weighted by Crippen LogP contribution is 2.40. The van der Waals surface area contributed by atoms with E-state index in [-0.39, 0.29) is 18.4 Å². The van der Waals surface area contributed by atoms with Gasteiger partial charge in [-0.1, -0.05) is 36.4 Å². The van der Waals surface area contributed by atoms with Crippen LogP contribution >= 0.6 is 0 Å². The molecule has 2 aliphatic rings. The average molecular weight is 421 g/mol. The number of amides is 2. The van der Waals surface area contributed by atoms with Crippen molar-refractivity contribution in [3.05, 3.63) is 59.7 Å². The summed E-state index contributed by atoms with van der Waals surface area (Å²) < 4.78 is 10.6. The number of nitrogens with zero attached hydrogens (tertiary/aromatic N) is 2. The van der Waals surface area contributed by atoms with Gasteiger partial charge in [-0.2, -0.15) is 0 Å². The van der Waals surface area contributed by atoms with Crippen LogP contribution in [0.4, 0.5) is 0 Å². The minimum Gasteiger partial charge on any atom is -0.493 e. The number of carbonyl (C=O) groups excluding carboxylic acids is 2. The lowest BCUT2D eigenvalue weighted by Crippen LogP contribution is -2.49. The van der Waals surface area contributed by atoms with Gasteiger partial charge in [0.15, 0.2) is 11.5 Å². The molecule has 7 nitrogen and oxygen atoms in total. The maximum absolute atomic E-state index is 13.2. The molecule has 1 aliphatic heterocycles. The lowest BCUT2D eigenvalue weighted by atomic mass is 10.1. The van der Waals surface area contributed by atoms with Crippen molar-refractivity contribution < 1.29 is 19.1 Å². The number of ether oxygens (including phenoxy) is 2. The van der Waals surface area contributed by atoms with E-state index in [0.29, 0.717) is 23.8 Å². The summed E-state index contributed by atoms with van der Waals surface area (Å²) in [6, 6.07) is 15.0. The first kappa shape index (κ1) is 20.9. The zero-order chi connectivity index (χ0) is 21.8. The number of hydrogen-bond donors (Lipinski definition) is 1. The number of aliphatic imine (C=N–C) groups is 1. The standard InChI is InChI=1S/C24H27N3O4/c1-30-19-11-10-17(14-20(19)31-2)15-25-21(28)16-27-23(29)22(18-8-4-3-5-9-18)26-24(27)12-6-7-13-24/h3-5,8-11,14H,6-7,12-13,15-16H2,1-2H3,(H,25,28). The zero-order valence-electron chi connectivity index (χ0n) is 17.9. The smallest absolute Gasteiger partial charge is 0.275 e. The zero-order valence-corrected chi connectivity index (χ0v) is 17.9. The van der Waals surface area contributed by atoms with Gasteiger partial charge < -0.3 is 19.7 Å². The molecule has 7 heteroatoms. The highest BCUT2D eigenvalue weighted by Gasteiger charge is 2.49. The number of hydrogen-bond acceptors (Lipinski definition) is 5. The van der Waals surface area contributed by atoms with Gasteiger partial charge in [0, 0.05) is 12.1 Å². The molecule has 0 aromatic heterocycles. The van der Waals surface area contributed by atoms with Crippen molar-refractivity contribution in [2.75, 3.05) is 20.8 Å². The Morgan fingerprint density at radius 2 is 1.77 bits per heavy atom. The molecule has 0 atom stereocenters. The van der Waals surface area contributed by atoms with Crippen molar-refractivity contribution in [2.45, 2.75) is 37.9 Å². The molecule has 2 aromatic carbocycles. The molecule has 4 rings (SSSR count). The van der Waals surface area contributed by atoms with Crippen LogP contribution in [0.3, 0.4) is 0 Å². The van der Waals surface area contributed by atoms with E-state index in [0.717, 1.165) is 36.8 Å². The number of methoxy groups -OCH3 is 2. The van der Waals surface area contributed by atoms with Crippen LogP contribution in [0.5, 0.6) is 11.5 Å². The second-order valence-corrected chi connectivity index (χ2v) is 7.87. The molecule has 1 heterocycles. The summed E-state index contributed by atoms with van der Waals surface area (Å²) in [7, 11) is 3.15. The summed E-state index contributed by atoms with van der Waals surface area (Å²) in [6.07, 6.45) is 3.58. The van der Waals surface area contributed by atoms with E-state index in [1.807, 2.05) is 42.5 Å². The Morgan fingerprint density at radius 3 is 2.45 bits per heavy atom. The molecule has 1 saturated carbocycles. The molecule has 1 N–H and O–H groups in total. The van der Waals surface area contributed by atoms with E-state index in [2.05, 4.69) is 5.32 Å². The molecule has 0 radical (unpaired) electrons. The van der Waals surface area contributed by atoms with Gasteiger partial charge in [0.05, 0.1) is 14.2 Å². The van der Waals surface area contributed by atoms with Crippen molar-refractivity contribution in [1.29, 1.82) is 0 Å². The molecular weight excluding hydrogens is 394 g/mol. The molecular formula is C24H27N3O4. The largest absolute Gasteiger partial charge is 0.493 e. The van der Waals surface area contributed by atoms with Crippen LogP contribution in [-0.2, 0) is 16.1 Å². The Balaban J connectivity index is 1.46. The topological polar surface area (TPSA) is 80.2 Å². The Hall–Kier alpha value is -3.35. The average Bonchev–Trinajstić information content (AvgIpc) is 3.38. The molecule has 0 bridgehead atoms. The van der Waals surface area contributed by atoms with Gasteiger partial charge in [-0.05, 0) is 43.4 Å². The van der Waals surface area contributed by atoms with E-state index >= 15 is 0 Å². The predicted octanol–water partition coefficient (Wildman–Crippen LogP) is 2.92. The van der Waals surface area contributed by atoms with Gasteiger partial charge in [0.2, 0.25) is 5.91 Å². The minimum absolute atomic E-state index is 0.00798. The van der Waals surface area contributed by atoms with Crippen molar-refractivity contribution >= 4 is 17.5 Å². The molecule has 1 aliphatic carbocycles. The Morgan fingerprint density at radius 1 is 1.06 bits per heavy atom. The highest BCUT2D eigenvalue weighted by molar-refractivity contribution is 6.47. The lowest BCUT2D eigenvalue weighted by molar-refractivity contribution is -0.134. The van der Waals surface area contributed by atoms with E-state index in [9.17, 15) is 9.59 Å². The van der Waals surface area contributed by atoms with Crippen LogP contribution in [0.2, 0.25) is 0 Å². The van der Waals surface area contributed by atoms with Gasteiger partial charge in [-0.3, -0.25) is 14.6 Å². The molecule has 2 aromatic rings. The summed E-state index contributed by atoms with van der Waals surface area (Å²) in [5, 5.41) is 2.92. The first-order chi connectivity index (χ1) is 15.1. The molecule has 2 amide bonds.